The molecule has 0 amide bonds. The lowest BCUT2D eigenvalue weighted by Gasteiger charge is -2.10. The van der Waals surface area contributed by atoms with Crippen molar-refractivity contribution in [2.45, 2.75) is 20.4 Å². The maximum atomic E-state index is 13.2. The Bertz CT molecular complexity index is 678. The van der Waals surface area contributed by atoms with Gasteiger partial charge in [-0.25, -0.2) is 4.39 Å². The Morgan fingerprint density at radius 3 is 2.43 bits per heavy atom. The molecule has 0 atom stereocenters. The van der Waals surface area contributed by atoms with Gasteiger partial charge >= 0.3 is 0 Å². The van der Waals surface area contributed by atoms with Crippen LogP contribution in [0.4, 0.5) is 15.8 Å². The summed E-state index contributed by atoms with van der Waals surface area (Å²) in [5.74, 6) is -0.309. The fourth-order valence-corrected chi connectivity index (χ4v) is 2.15. The van der Waals surface area contributed by atoms with E-state index in [-0.39, 0.29) is 17.1 Å². The third kappa shape index (κ3) is 3.28. The third-order valence-electron chi connectivity index (χ3n) is 3.19. The number of aromatic hydroxyl groups is 1. The molecule has 0 heterocycles. The van der Waals surface area contributed by atoms with Gasteiger partial charge in [0, 0.05) is 18.7 Å². The lowest BCUT2D eigenvalue weighted by atomic mass is 10.1. The standard InChI is InChI=1S/C15H15FN2O3/c1-9-5-11(6-10(2)15(9)19)8-17-13-7-12(16)3-4-14(13)18(20)21/h3-7,17,19H,8H2,1-2H3. The second-order valence-corrected chi connectivity index (χ2v) is 4.85. The Labute approximate surface area is 121 Å². The number of aryl methyl sites for hydroxylation is 2. The third-order valence-corrected chi connectivity index (χ3v) is 3.19. The van der Waals surface area contributed by atoms with E-state index in [0.717, 1.165) is 34.9 Å². The molecule has 0 bridgehead atoms. The van der Waals surface area contributed by atoms with E-state index in [1.807, 2.05) is 0 Å². The molecule has 0 unspecified atom stereocenters. The smallest absolute Gasteiger partial charge is 0.292 e. The van der Waals surface area contributed by atoms with Gasteiger partial charge < -0.3 is 10.4 Å². The zero-order chi connectivity index (χ0) is 15.6. The second-order valence-electron chi connectivity index (χ2n) is 4.85. The van der Waals surface area contributed by atoms with Gasteiger partial charge in [0.15, 0.2) is 0 Å². The number of hydrogen-bond acceptors (Lipinski definition) is 4. The highest BCUT2D eigenvalue weighted by molar-refractivity contribution is 5.61. The topological polar surface area (TPSA) is 75.4 Å². The molecule has 0 aromatic heterocycles. The van der Waals surface area contributed by atoms with Gasteiger partial charge in [0.25, 0.3) is 5.69 Å². The predicted molar refractivity (Wildman–Crippen MR) is 78.0 cm³/mol. The summed E-state index contributed by atoms with van der Waals surface area (Å²) in [6, 6.07) is 6.84. The molecule has 2 N–H and O–H groups in total. The van der Waals surface area contributed by atoms with Gasteiger partial charge in [0.1, 0.15) is 17.3 Å². The number of phenolic OH excluding ortho intramolecular Hbond substituents is 1. The van der Waals surface area contributed by atoms with Crippen LogP contribution in [0.2, 0.25) is 0 Å². The molecule has 2 rings (SSSR count). The number of benzene rings is 2. The summed E-state index contributed by atoms with van der Waals surface area (Å²) in [6.45, 7) is 3.85. The quantitative estimate of drug-likeness (QED) is 0.665. The first kappa shape index (κ1) is 14.8. The highest BCUT2D eigenvalue weighted by Crippen LogP contribution is 2.27. The molecule has 0 spiro atoms. The van der Waals surface area contributed by atoms with Crippen LogP contribution in [0.1, 0.15) is 16.7 Å². The first-order valence-corrected chi connectivity index (χ1v) is 6.35. The molecule has 5 nitrogen and oxygen atoms in total. The number of rotatable bonds is 4. The molecular formula is C15H15FN2O3. The van der Waals surface area contributed by atoms with Gasteiger partial charge in [-0.2, -0.15) is 0 Å². The van der Waals surface area contributed by atoms with Crippen LogP contribution in [-0.2, 0) is 6.54 Å². The Balaban J connectivity index is 2.24. The molecule has 0 radical (unpaired) electrons. The van der Waals surface area contributed by atoms with Gasteiger partial charge in [0.2, 0.25) is 0 Å². The van der Waals surface area contributed by atoms with Crippen LogP contribution >= 0.6 is 0 Å². The Morgan fingerprint density at radius 1 is 1.24 bits per heavy atom. The molecule has 0 aliphatic heterocycles. The normalized spacial score (nSPS) is 10.4. The van der Waals surface area contributed by atoms with Gasteiger partial charge in [-0.15, -0.1) is 0 Å². The molecule has 0 aliphatic rings. The number of phenols is 1. The lowest BCUT2D eigenvalue weighted by Crippen LogP contribution is -2.03. The van der Waals surface area contributed by atoms with E-state index >= 15 is 0 Å². The van der Waals surface area contributed by atoms with Crippen LogP contribution in [0.25, 0.3) is 0 Å². The van der Waals surface area contributed by atoms with Gasteiger partial charge in [-0.3, -0.25) is 10.1 Å². The molecule has 2 aromatic rings. The lowest BCUT2D eigenvalue weighted by molar-refractivity contribution is -0.384. The molecule has 0 saturated heterocycles. The SMILES string of the molecule is Cc1cc(CNc2cc(F)ccc2[N+](=O)[O-])cc(C)c1O. The van der Waals surface area contributed by atoms with Crippen molar-refractivity contribution in [3.8, 4) is 5.75 Å². The zero-order valence-corrected chi connectivity index (χ0v) is 11.7. The van der Waals surface area contributed by atoms with Crippen molar-refractivity contribution in [3.05, 3.63) is 63.0 Å². The van der Waals surface area contributed by atoms with Crippen molar-refractivity contribution in [2.24, 2.45) is 0 Å². The Kier molecular flexibility index (Phi) is 4.07. The van der Waals surface area contributed by atoms with E-state index in [4.69, 9.17) is 0 Å². The minimum Gasteiger partial charge on any atom is -0.507 e. The zero-order valence-electron chi connectivity index (χ0n) is 11.7. The molecule has 0 aliphatic carbocycles. The highest BCUT2D eigenvalue weighted by atomic mass is 19.1. The minimum absolute atomic E-state index is 0.128. The summed E-state index contributed by atoms with van der Waals surface area (Å²) < 4.78 is 13.2. The fourth-order valence-electron chi connectivity index (χ4n) is 2.15. The molecule has 21 heavy (non-hydrogen) atoms. The Morgan fingerprint density at radius 2 is 1.86 bits per heavy atom. The van der Waals surface area contributed by atoms with Crippen LogP contribution < -0.4 is 5.32 Å². The van der Waals surface area contributed by atoms with E-state index in [1.165, 1.54) is 0 Å². The molecule has 110 valence electrons. The molecular weight excluding hydrogens is 275 g/mol. The number of halogens is 1. The summed E-state index contributed by atoms with van der Waals surface area (Å²) in [6.07, 6.45) is 0. The minimum atomic E-state index is -0.560. The number of anilines is 1. The van der Waals surface area contributed by atoms with Gasteiger partial charge in [-0.05, 0) is 36.6 Å². The largest absolute Gasteiger partial charge is 0.507 e. The number of hydrogen-bond donors (Lipinski definition) is 2. The average Bonchev–Trinajstić information content (AvgIpc) is 2.42. The van der Waals surface area contributed by atoms with E-state index < -0.39 is 10.7 Å². The fraction of sp³-hybridized carbons (Fsp3) is 0.200. The monoisotopic (exact) mass is 290 g/mol. The Hall–Kier alpha value is -2.63. The van der Waals surface area contributed by atoms with Crippen LogP contribution in [0.5, 0.6) is 5.75 Å². The van der Waals surface area contributed by atoms with Crippen LogP contribution in [0.3, 0.4) is 0 Å². The summed E-state index contributed by atoms with van der Waals surface area (Å²) >= 11 is 0. The molecule has 0 fully saturated rings. The van der Waals surface area contributed by atoms with Crippen LogP contribution in [0.15, 0.2) is 30.3 Å². The van der Waals surface area contributed by atoms with E-state index in [2.05, 4.69) is 5.32 Å². The number of nitrogens with one attached hydrogen (secondary N) is 1. The van der Waals surface area contributed by atoms with Crippen molar-refractivity contribution in [1.82, 2.24) is 0 Å². The van der Waals surface area contributed by atoms with Gasteiger partial charge in [-0.1, -0.05) is 12.1 Å². The van der Waals surface area contributed by atoms with E-state index in [1.54, 1.807) is 26.0 Å². The maximum Gasteiger partial charge on any atom is 0.292 e. The van der Waals surface area contributed by atoms with Crippen LogP contribution in [-0.4, -0.2) is 10.0 Å². The number of nitrogens with zero attached hydrogens (tertiary/aromatic N) is 1. The molecule has 2 aromatic carbocycles. The van der Waals surface area contributed by atoms with Crippen LogP contribution in [0, 0.1) is 29.8 Å². The van der Waals surface area contributed by atoms with Gasteiger partial charge in [0.05, 0.1) is 4.92 Å². The molecule has 0 saturated carbocycles. The first-order chi connectivity index (χ1) is 9.88. The summed E-state index contributed by atoms with van der Waals surface area (Å²) in [4.78, 5) is 10.3. The average molecular weight is 290 g/mol. The van der Waals surface area contributed by atoms with Crippen molar-refractivity contribution in [1.29, 1.82) is 0 Å². The first-order valence-electron chi connectivity index (χ1n) is 6.35. The van der Waals surface area contributed by atoms with E-state index in [9.17, 15) is 19.6 Å². The number of nitro benzene ring substituents is 1. The maximum absolute atomic E-state index is 13.2. The summed E-state index contributed by atoms with van der Waals surface area (Å²) in [5.41, 5.74) is 2.24. The summed E-state index contributed by atoms with van der Waals surface area (Å²) in [7, 11) is 0. The van der Waals surface area contributed by atoms with E-state index in [0.29, 0.717) is 6.54 Å². The highest BCUT2D eigenvalue weighted by Gasteiger charge is 2.14. The number of nitro groups is 1. The summed E-state index contributed by atoms with van der Waals surface area (Å²) in [5, 5.41) is 23.5. The van der Waals surface area contributed by atoms with Crippen molar-refractivity contribution >= 4 is 11.4 Å². The molecule has 6 heteroatoms. The van der Waals surface area contributed by atoms with Crippen molar-refractivity contribution in [2.75, 3.05) is 5.32 Å². The van der Waals surface area contributed by atoms with Crippen molar-refractivity contribution < 1.29 is 14.4 Å². The predicted octanol–water partition coefficient (Wildman–Crippen LogP) is 3.67. The van der Waals surface area contributed by atoms with Crippen molar-refractivity contribution in [3.63, 3.8) is 0 Å². The second kappa shape index (κ2) is 5.78.